The fraction of sp³-hybridized carbons (Fsp3) is 0.400. The van der Waals surface area contributed by atoms with E-state index in [1.807, 2.05) is 12.1 Å². The van der Waals surface area contributed by atoms with Crippen molar-refractivity contribution in [3.63, 3.8) is 0 Å². The number of rotatable bonds is 7. The van der Waals surface area contributed by atoms with Crippen molar-refractivity contribution in [2.75, 3.05) is 26.2 Å². The Morgan fingerprint density at radius 1 is 1.15 bits per heavy atom. The highest BCUT2D eigenvalue weighted by atomic mass is 16.5. The molecule has 2 N–H and O–H groups in total. The average molecular weight is 355 g/mol. The zero-order valence-electron chi connectivity index (χ0n) is 15.0. The molecule has 0 aliphatic carbocycles. The van der Waals surface area contributed by atoms with Crippen LogP contribution in [0.4, 0.5) is 0 Å². The highest BCUT2D eigenvalue weighted by Crippen LogP contribution is 2.26. The van der Waals surface area contributed by atoms with Gasteiger partial charge in [-0.15, -0.1) is 0 Å². The molecule has 0 saturated carbocycles. The quantitative estimate of drug-likeness (QED) is 0.799. The molecule has 0 spiro atoms. The van der Waals surface area contributed by atoms with Crippen molar-refractivity contribution in [3.05, 3.63) is 48.7 Å². The predicted octanol–water partition coefficient (Wildman–Crippen LogP) is 2.76. The maximum absolute atomic E-state index is 12.0. The van der Waals surface area contributed by atoms with E-state index in [2.05, 4.69) is 22.5 Å². The van der Waals surface area contributed by atoms with E-state index in [-0.39, 0.29) is 17.9 Å². The maximum atomic E-state index is 12.0. The van der Waals surface area contributed by atoms with Gasteiger partial charge in [0.05, 0.1) is 0 Å². The summed E-state index contributed by atoms with van der Waals surface area (Å²) < 4.78 is 11.2. The van der Waals surface area contributed by atoms with Crippen LogP contribution in [-0.4, -0.2) is 37.1 Å². The van der Waals surface area contributed by atoms with Gasteiger partial charge < -0.3 is 20.1 Å². The summed E-state index contributed by atoms with van der Waals surface area (Å²) in [6, 6.07) is 12.6. The van der Waals surface area contributed by atoms with Crippen molar-refractivity contribution >= 4 is 5.91 Å². The van der Waals surface area contributed by atoms with Gasteiger partial charge in [-0.1, -0.05) is 13.0 Å². The Bertz CT molecular complexity index is 698. The molecule has 0 bridgehead atoms. The number of nitrogens with one attached hydrogen (secondary N) is 2. The van der Waals surface area contributed by atoms with Gasteiger partial charge >= 0.3 is 0 Å². The lowest BCUT2D eigenvalue weighted by molar-refractivity contribution is -0.123. The van der Waals surface area contributed by atoms with Crippen LogP contribution in [0.5, 0.6) is 17.4 Å². The number of nitrogens with zero attached hydrogens (tertiary/aromatic N) is 1. The Labute approximate surface area is 153 Å². The third kappa shape index (κ3) is 5.46. The number of amides is 1. The molecule has 6 heteroatoms. The number of benzene rings is 1. The van der Waals surface area contributed by atoms with Gasteiger partial charge in [0.1, 0.15) is 11.5 Å². The maximum Gasteiger partial charge on any atom is 0.257 e. The summed E-state index contributed by atoms with van der Waals surface area (Å²) in [5, 5.41) is 6.32. The molecule has 1 aromatic carbocycles. The molecule has 0 radical (unpaired) electrons. The van der Waals surface area contributed by atoms with Crippen LogP contribution in [0.15, 0.2) is 48.7 Å². The lowest BCUT2D eigenvalue weighted by atomic mass is 9.81. The number of hydrogen-bond donors (Lipinski definition) is 2. The molecule has 26 heavy (non-hydrogen) atoms. The standard InChI is InChI=1S/C20H25N3O3/c1-20(9-12-21-13-10-20)15-23-18(24)14-25-16-5-7-17(8-6-16)26-19-4-2-3-11-22-19/h2-8,11,21H,9-10,12-15H2,1H3,(H,23,24). The lowest BCUT2D eigenvalue weighted by Crippen LogP contribution is -2.43. The minimum atomic E-state index is -0.0985. The van der Waals surface area contributed by atoms with Gasteiger partial charge in [0.2, 0.25) is 5.88 Å². The molecule has 0 unspecified atom stereocenters. The highest BCUT2D eigenvalue weighted by molar-refractivity contribution is 5.77. The molecule has 1 aliphatic rings. The molecule has 0 atom stereocenters. The Hall–Kier alpha value is -2.60. The van der Waals surface area contributed by atoms with Crippen LogP contribution in [0.3, 0.4) is 0 Å². The highest BCUT2D eigenvalue weighted by Gasteiger charge is 2.26. The number of pyridine rings is 1. The molecule has 1 aromatic heterocycles. The zero-order chi connectivity index (χ0) is 18.2. The predicted molar refractivity (Wildman–Crippen MR) is 99.5 cm³/mol. The molecule has 3 rings (SSSR count). The van der Waals surface area contributed by atoms with E-state index >= 15 is 0 Å². The first-order chi connectivity index (χ1) is 12.6. The summed E-state index contributed by atoms with van der Waals surface area (Å²) in [5.74, 6) is 1.73. The number of carbonyl (C=O) groups excluding carboxylic acids is 1. The van der Waals surface area contributed by atoms with Crippen LogP contribution in [0, 0.1) is 5.41 Å². The number of ether oxygens (including phenoxy) is 2. The molecule has 2 heterocycles. The molecule has 6 nitrogen and oxygen atoms in total. The fourth-order valence-electron chi connectivity index (χ4n) is 2.85. The van der Waals surface area contributed by atoms with Crippen molar-refractivity contribution in [1.82, 2.24) is 15.6 Å². The first-order valence-electron chi connectivity index (χ1n) is 8.92. The Balaban J connectivity index is 1.42. The average Bonchev–Trinajstić information content (AvgIpc) is 2.67. The van der Waals surface area contributed by atoms with Crippen LogP contribution in [-0.2, 0) is 4.79 Å². The van der Waals surface area contributed by atoms with Gasteiger partial charge in [0.15, 0.2) is 6.61 Å². The number of aromatic nitrogens is 1. The molecule has 1 amide bonds. The SMILES string of the molecule is CC1(CNC(=O)COc2ccc(Oc3ccccn3)cc2)CCNCC1. The summed E-state index contributed by atoms with van der Waals surface area (Å²) in [7, 11) is 0. The van der Waals surface area contributed by atoms with Crippen LogP contribution < -0.4 is 20.1 Å². The van der Waals surface area contributed by atoms with Gasteiger partial charge in [-0.3, -0.25) is 4.79 Å². The fourth-order valence-corrected chi connectivity index (χ4v) is 2.85. The van der Waals surface area contributed by atoms with Crippen molar-refractivity contribution < 1.29 is 14.3 Å². The summed E-state index contributed by atoms with van der Waals surface area (Å²) in [6.07, 6.45) is 3.83. The van der Waals surface area contributed by atoms with E-state index < -0.39 is 0 Å². The largest absolute Gasteiger partial charge is 0.484 e. The Morgan fingerprint density at radius 2 is 1.88 bits per heavy atom. The second-order valence-electron chi connectivity index (χ2n) is 6.87. The number of carbonyl (C=O) groups is 1. The molecular weight excluding hydrogens is 330 g/mol. The van der Waals surface area contributed by atoms with Crippen LogP contribution >= 0.6 is 0 Å². The third-order valence-electron chi connectivity index (χ3n) is 4.58. The van der Waals surface area contributed by atoms with Crippen LogP contribution in [0.25, 0.3) is 0 Å². The zero-order valence-corrected chi connectivity index (χ0v) is 15.0. The third-order valence-corrected chi connectivity index (χ3v) is 4.58. The minimum absolute atomic E-state index is 0.00870. The molecular formula is C20H25N3O3. The van der Waals surface area contributed by atoms with Crippen LogP contribution in [0.1, 0.15) is 19.8 Å². The van der Waals surface area contributed by atoms with Crippen molar-refractivity contribution in [1.29, 1.82) is 0 Å². The number of piperidine rings is 1. The smallest absolute Gasteiger partial charge is 0.257 e. The van der Waals surface area contributed by atoms with Crippen molar-refractivity contribution in [2.45, 2.75) is 19.8 Å². The van der Waals surface area contributed by atoms with E-state index in [0.29, 0.717) is 23.9 Å². The van der Waals surface area contributed by atoms with E-state index in [0.717, 1.165) is 25.9 Å². The molecule has 2 aromatic rings. The molecule has 138 valence electrons. The lowest BCUT2D eigenvalue weighted by Gasteiger charge is -2.34. The van der Waals surface area contributed by atoms with Gasteiger partial charge in [-0.05, 0) is 61.7 Å². The summed E-state index contributed by atoms with van der Waals surface area (Å²) in [4.78, 5) is 16.1. The van der Waals surface area contributed by atoms with Crippen LogP contribution in [0.2, 0.25) is 0 Å². The second kappa shape index (κ2) is 8.67. The van der Waals surface area contributed by atoms with Crippen molar-refractivity contribution in [3.8, 4) is 17.4 Å². The summed E-state index contributed by atoms with van der Waals surface area (Å²) in [6.45, 7) is 4.93. The van der Waals surface area contributed by atoms with Gasteiger partial charge in [-0.2, -0.15) is 0 Å². The first-order valence-corrected chi connectivity index (χ1v) is 8.92. The normalized spacial score (nSPS) is 15.9. The molecule has 1 aliphatic heterocycles. The monoisotopic (exact) mass is 355 g/mol. The Morgan fingerprint density at radius 3 is 2.58 bits per heavy atom. The molecule has 1 saturated heterocycles. The number of hydrogen-bond acceptors (Lipinski definition) is 5. The van der Waals surface area contributed by atoms with Gasteiger partial charge in [-0.25, -0.2) is 4.98 Å². The van der Waals surface area contributed by atoms with E-state index in [9.17, 15) is 4.79 Å². The van der Waals surface area contributed by atoms with E-state index in [1.54, 1.807) is 36.5 Å². The van der Waals surface area contributed by atoms with E-state index in [4.69, 9.17) is 9.47 Å². The van der Waals surface area contributed by atoms with Gasteiger partial charge in [0.25, 0.3) is 5.91 Å². The van der Waals surface area contributed by atoms with Gasteiger partial charge in [0, 0.05) is 18.8 Å². The van der Waals surface area contributed by atoms with Crippen molar-refractivity contribution in [2.24, 2.45) is 5.41 Å². The van der Waals surface area contributed by atoms with E-state index in [1.165, 1.54) is 0 Å². The summed E-state index contributed by atoms with van der Waals surface area (Å²) in [5.41, 5.74) is 0.172. The molecule has 1 fully saturated rings. The second-order valence-corrected chi connectivity index (χ2v) is 6.87. The topological polar surface area (TPSA) is 72.5 Å². The first kappa shape index (κ1) is 18.2. The minimum Gasteiger partial charge on any atom is -0.484 e. The summed E-state index contributed by atoms with van der Waals surface area (Å²) >= 11 is 0. The Kier molecular flexibility index (Phi) is 6.07.